The number of carboxylic acids is 1. The van der Waals surface area contributed by atoms with Gasteiger partial charge in [0.1, 0.15) is 0 Å². The van der Waals surface area contributed by atoms with Crippen LogP contribution in [0, 0.1) is 6.92 Å². The fourth-order valence-corrected chi connectivity index (χ4v) is 3.17. The Kier molecular flexibility index (Phi) is 4.62. The molecule has 0 bridgehead atoms. The van der Waals surface area contributed by atoms with Gasteiger partial charge in [0.25, 0.3) is 0 Å². The van der Waals surface area contributed by atoms with E-state index in [0.717, 1.165) is 23.7 Å². The van der Waals surface area contributed by atoms with Gasteiger partial charge in [-0.2, -0.15) is 0 Å². The van der Waals surface area contributed by atoms with Gasteiger partial charge in [0.05, 0.1) is 0 Å². The zero-order valence-corrected chi connectivity index (χ0v) is 10.4. The van der Waals surface area contributed by atoms with Crippen LogP contribution in [-0.4, -0.2) is 11.1 Å². The van der Waals surface area contributed by atoms with Crippen molar-refractivity contribution in [2.75, 3.05) is 0 Å². The average molecular weight is 277 g/mol. The van der Waals surface area contributed by atoms with Crippen molar-refractivity contribution in [3.05, 3.63) is 20.3 Å². The first kappa shape index (κ1) is 11.7. The molecule has 0 aliphatic carbocycles. The van der Waals surface area contributed by atoms with Crippen LogP contribution in [0.15, 0.2) is 10.5 Å². The highest BCUT2D eigenvalue weighted by molar-refractivity contribution is 9.10. The number of hydrogen-bond donors (Lipinski definition) is 1. The summed E-state index contributed by atoms with van der Waals surface area (Å²) in [6.07, 6.45) is 2.97. The number of unbranched alkanes of at least 4 members (excludes halogenated alkanes) is 1. The second kappa shape index (κ2) is 5.51. The minimum Gasteiger partial charge on any atom is -0.481 e. The SMILES string of the molecule is Cc1cc(Br)c(CCCCC(=O)O)s1. The lowest BCUT2D eigenvalue weighted by Crippen LogP contribution is -1.94. The van der Waals surface area contributed by atoms with Crippen LogP contribution >= 0.6 is 27.3 Å². The largest absolute Gasteiger partial charge is 0.481 e. The Hall–Kier alpha value is -0.350. The fourth-order valence-electron chi connectivity index (χ4n) is 1.26. The van der Waals surface area contributed by atoms with Gasteiger partial charge in [-0.1, -0.05) is 0 Å². The molecule has 0 radical (unpaired) electrons. The molecule has 0 unspecified atom stereocenters. The van der Waals surface area contributed by atoms with Crippen molar-refractivity contribution in [2.45, 2.75) is 32.6 Å². The van der Waals surface area contributed by atoms with E-state index in [1.54, 1.807) is 11.3 Å². The first-order chi connectivity index (χ1) is 6.59. The first-order valence-corrected chi connectivity index (χ1v) is 6.17. The van der Waals surface area contributed by atoms with Gasteiger partial charge < -0.3 is 5.11 Å². The third-order valence-corrected chi connectivity index (χ3v) is 4.01. The molecule has 0 aliphatic rings. The molecule has 1 rings (SSSR count). The molecule has 0 saturated heterocycles. The zero-order valence-electron chi connectivity index (χ0n) is 8.05. The van der Waals surface area contributed by atoms with E-state index < -0.39 is 5.97 Å². The summed E-state index contributed by atoms with van der Waals surface area (Å²) >= 11 is 5.27. The van der Waals surface area contributed by atoms with Gasteiger partial charge in [0.2, 0.25) is 0 Å². The van der Waals surface area contributed by atoms with Crippen molar-refractivity contribution in [1.82, 2.24) is 0 Å². The first-order valence-electron chi connectivity index (χ1n) is 4.56. The Morgan fingerprint density at radius 1 is 1.57 bits per heavy atom. The van der Waals surface area contributed by atoms with E-state index in [1.165, 1.54) is 9.75 Å². The molecule has 4 heteroatoms. The smallest absolute Gasteiger partial charge is 0.303 e. The maximum absolute atomic E-state index is 10.3. The van der Waals surface area contributed by atoms with Gasteiger partial charge in [-0.25, -0.2) is 0 Å². The van der Waals surface area contributed by atoms with Crippen LogP contribution in [0.1, 0.15) is 29.0 Å². The molecule has 1 N–H and O–H groups in total. The summed E-state index contributed by atoms with van der Waals surface area (Å²) in [5.74, 6) is -0.702. The highest BCUT2D eigenvalue weighted by atomic mass is 79.9. The molecule has 78 valence electrons. The molecule has 0 aromatic carbocycles. The van der Waals surface area contributed by atoms with Crippen LogP contribution in [-0.2, 0) is 11.2 Å². The third-order valence-electron chi connectivity index (χ3n) is 1.93. The number of aliphatic carboxylic acids is 1. The van der Waals surface area contributed by atoms with E-state index in [9.17, 15) is 4.79 Å². The van der Waals surface area contributed by atoms with E-state index >= 15 is 0 Å². The summed E-state index contributed by atoms with van der Waals surface area (Å²) in [6.45, 7) is 2.08. The normalized spacial score (nSPS) is 10.4. The molecular formula is C10H13BrO2S. The Labute approximate surface area is 96.1 Å². The van der Waals surface area contributed by atoms with Gasteiger partial charge in [-0.3, -0.25) is 4.79 Å². The molecule has 0 spiro atoms. The van der Waals surface area contributed by atoms with Crippen molar-refractivity contribution in [3.8, 4) is 0 Å². The second-order valence-electron chi connectivity index (χ2n) is 3.23. The summed E-state index contributed by atoms with van der Waals surface area (Å²) in [7, 11) is 0. The number of carbonyl (C=O) groups is 1. The Morgan fingerprint density at radius 2 is 2.29 bits per heavy atom. The van der Waals surface area contributed by atoms with E-state index in [-0.39, 0.29) is 6.42 Å². The second-order valence-corrected chi connectivity index (χ2v) is 5.42. The number of aryl methyl sites for hydroxylation is 2. The zero-order chi connectivity index (χ0) is 10.6. The lowest BCUT2D eigenvalue weighted by Gasteiger charge is -1.97. The molecule has 1 aromatic rings. The van der Waals surface area contributed by atoms with E-state index in [1.807, 2.05) is 0 Å². The topological polar surface area (TPSA) is 37.3 Å². The van der Waals surface area contributed by atoms with E-state index in [2.05, 4.69) is 28.9 Å². The average Bonchev–Trinajstić information content (AvgIpc) is 2.39. The quantitative estimate of drug-likeness (QED) is 0.835. The highest BCUT2D eigenvalue weighted by Gasteiger charge is 2.04. The standard InChI is InChI=1S/C10H13BrO2S/c1-7-6-8(11)9(14-7)4-2-3-5-10(12)13/h6H,2-5H2,1H3,(H,12,13). The van der Waals surface area contributed by atoms with E-state index in [4.69, 9.17) is 5.11 Å². The van der Waals surface area contributed by atoms with Gasteiger partial charge >= 0.3 is 5.97 Å². The molecule has 1 aromatic heterocycles. The molecule has 2 nitrogen and oxygen atoms in total. The lowest BCUT2D eigenvalue weighted by atomic mass is 10.2. The summed E-state index contributed by atoms with van der Waals surface area (Å²) in [6, 6.07) is 2.11. The molecule has 0 amide bonds. The minimum atomic E-state index is -0.702. The maximum Gasteiger partial charge on any atom is 0.303 e. The molecule has 1 heterocycles. The molecule has 0 fully saturated rings. The van der Waals surface area contributed by atoms with Crippen LogP contribution in [0.2, 0.25) is 0 Å². The van der Waals surface area contributed by atoms with Gasteiger partial charge in [-0.05, 0) is 48.2 Å². The van der Waals surface area contributed by atoms with Crippen molar-refractivity contribution in [2.24, 2.45) is 0 Å². The van der Waals surface area contributed by atoms with Gasteiger partial charge in [0.15, 0.2) is 0 Å². The summed E-state index contributed by atoms with van der Waals surface area (Å²) in [4.78, 5) is 12.9. The van der Waals surface area contributed by atoms with E-state index in [0.29, 0.717) is 0 Å². The third kappa shape index (κ3) is 3.80. The predicted octanol–water partition coefficient (Wildman–Crippen LogP) is 3.62. The maximum atomic E-state index is 10.3. The van der Waals surface area contributed by atoms with Crippen LogP contribution in [0.25, 0.3) is 0 Å². The van der Waals surface area contributed by atoms with Crippen LogP contribution in [0.5, 0.6) is 0 Å². The number of thiophene rings is 1. The van der Waals surface area contributed by atoms with Crippen molar-refractivity contribution in [1.29, 1.82) is 0 Å². The minimum absolute atomic E-state index is 0.280. The molecular weight excluding hydrogens is 264 g/mol. The highest BCUT2D eigenvalue weighted by Crippen LogP contribution is 2.28. The monoisotopic (exact) mass is 276 g/mol. The number of hydrogen-bond acceptors (Lipinski definition) is 2. The Bertz CT molecular complexity index is 320. The van der Waals surface area contributed by atoms with Crippen LogP contribution in [0.4, 0.5) is 0 Å². The van der Waals surface area contributed by atoms with Gasteiger partial charge in [-0.15, -0.1) is 11.3 Å². The molecule has 0 saturated carbocycles. The summed E-state index contributed by atoms with van der Waals surface area (Å²) in [5, 5.41) is 8.46. The van der Waals surface area contributed by atoms with Crippen LogP contribution < -0.4 is 0 Å². The van der Waals surface area contributed by atoms with Gasteiger partial charge in [0, 0.05) is 20.6 Å². The predicted molar refractivity (Wildman–Crippen MR) is 61.9 cm³/mol. The van der Waals surface area contributed by atoms with Crippen molar-refractivity contribution < 1.29 is 9.90 Å². The Morgan fingerprint density at radius 3 is 2.79 bits per heavy atom. The fraction of sp³-hybridized carbons (Fsp3) is 0.500. The summed E-state index contributed by atoms with van der Waals surface area (Å²) < 4.78 is 1.16. The summed E-state index contributed by atoms with van der Waals surface area (Å²) in [5.41, 5.74) is 0. The van der Waals surface area contributed by atoms with Crippen molar-refractivity contribution in [3.63, 3.8) is 0 Å². The number of rotatable bonds is 5. The molecule has 0 aliphatic heterocycles. The molecule has 14 heavy (non-hydrogen) atoms. The van der Waals surface area contributed by atoms with Crippen LogP contribution in [0.3, 0.4) is 0 Å². The lowest BCUT2D eigenvalue weighted by molar-refractivity contribution is -0.137. The number of carboxylic acid groups (broad SMARTS) is 1. The Balaban J connectivity index is 2.31. The number of halogens is 1. The van der Waals surface area contributed by atoms with Crippen molar-refractivity contribution >= 4 is 33.2 Å². The molecule has 0 atom stereocenters.